The van der Waals surface area contributed by atoms with E-state index in [2.05, 4.69) is 5.32 Å². The second-order valence-electron chi connectivity index (χ2n) is 9.43. The molecular weight excluding hydrogens is 451 g/mol. The molecule has 0 unspecified atom stereocenters. The van der Waals surface area contributed by atoms with Crippen molar-refractivity contribution in [2.75, 3.05) is 45.7 Å². The number of benzene rings is 1. The van der Waals surface area contributed by atoms with Gasteiger partial charge in [0, 0.05) is 51.4 Å². The number of ether oxygens (including phenoxy) is 2. The van der Waals surface area contributed by atoms with Gasteiger partial charge in [-0.25, -0.2) is 0 Å². The van der Waals surface area contributed by atoms with Crippen molar-refractivity contribution in [2.45, 2.75) is 51.4 Å². The Bertz CT molecular complexity index is 876. The Kier molecular flexibility index (Phi) is 8.46. The molecule has 2 aliphatic rings. The van der Waals surface area contributed by atoms with Crippen LogP contribution >= 0.6 is 0 Å². The molecule has 0 bridgehead atoms. The van der Waals surface area contributed by atoms with Crippen molar-refractivity contribution in [2.24, 2.45) is 11.8 Å². The van der Waals surface area contributed by atoms with E-state index in [-0.39, 0.29) is 61.1 Å². The van der Waals surface area contributed by atoms with Crippen molar-refractivity contribution in [3.63, 3.8) is 0 Å². The number of nitrogens with one attached hydrogen (secondary N) is 1. The maximum absolute atomic E-state index is 13.3. The molecule has 1 aliphatic carbocycles. The monoisotopic (exact) mass is 485 g/mol. The highest BCUT2D eigenvalue weighted by atomic mass is 19.4. The quantitative estimate of drug-likeness (QED) is 0.687. The molecule has 190 valence electrons. The number of likely N-dealkylation sites (N-methyl/N-ethyl adjacent to an activating group) is 1. The molecule has 1 aromatic rings. The lowest BCUT2D eigenvalue weighted by molar-refractivity contribution is -0.140. The second-order valence-corrected chi connectivity index (χ2v) is 9.43. The first-order chi connectivity index (χ1) is 16.0. The highest BCUT2D eigenvalue weighted by Crippen LogP contribution is 2.32. The number of nitrogens with zero attached hydrogens (tertiary/aromatic N) is 2. The van der Waals surface area contributed by atoms with E-state index in [4.69, 9.17) is 9.47 Å². The van der Waals surface area contributed by atoms with Gasteiger partial charge in [-0.3, -0.25) is 14.5 Å². The van der Waals surface area contributed by atoms with Crippen LogP contribution in [0, 0.1) is 11.8 Å². The van der Waals surface area contributed by atoms with E-state index in [1.807, 2.05) is 13.8 Å². The minimum atomic E-state index is -4.26. The van der Waals surface area contributed by atoms with E-state index < -0.39 is 12.6 Å². The lowest BCUT2D eigenvalue weighted by Crippen LogP contribution is -2.47. The summed E-state index contributed by atoms with van der Waals surface area (Å²) in [4.78, 5) is 28.8. The summed E-state index contributed by atoms with van der Waals surface area (Å²) in [6.45, 7) is 4.32. The first kappa shape index (κ1) is 26.3. The standard InChI is InChI=1S/C24H34F3N3O4/c1-15-12-30(10-9-24(25,26)27)16(2)14-34-20-8-7-18(28-22(31)17-5-6-17)11-19(20)23(32)29(3)13-21(15)33-4/h7-8,11,15-17,21H,5-6,9-10,12-14H2,1-4H3,(H,28,31)/t15-,16-,21+/m0/s1. The number of hydrogen-bond acceptors (Lipinski definition) is 5. The summed E-state index contributed by atoms with van der Waals surface area (Å²) < 4.78 is 50.4. The molecule has 10 heteroatoms. The number of halogens is 3. The summed E-state index contributed by atoms with van der Waals surface area (Å²) in [5, 5.41) is 2.84. The van der Waals surface area contributed by atoms with E-state index in [0.717, 1.165) is 12.8 Å². The van der Waals surface area contributed by atoms with E-state index in [1.54, 1.807) is 30.1 Å². The first-order valence-electron chi connectivity index (χ1n) is 11.6. The highest BCUT2D eigenvalue weighted by molar-refractivity contribution is 6.00. The largest absolute Gasteiger partial charge is 0.491 e. The molecule has 0 spiro atoms. The van der Waals surface area contributed by atoms with Gasteiger partial charge in [0.25, 0.3) is 5.91 Å². The fourth-order valence-corrected chi connectivity index (χ4v) is 4.10. The average molecular weight is 486 g/mol. The number of rotatable bonds is 5. The summed E-state index contributed by atoms with van der Waals surface area (Å²) in [7, 11) is 3.19. The second kappa shape index (κ2) is 10.9. The highest BCUT2D eigenvalue weighted by Gasteiger charge is 2.33. The smallest absolute Gasteiger partial charge is 0.390 e. The lowest BCUT2D eigenvalue weighted by Gasteiger charge is -2.36. The molecule has 0 saturated heterocycles. The Labute approximate surface area is 198 Å². The number of amides is 2. The summed E-state index contributed by atoms with van der Waals surface area (Å²) in [5.41, 5.74) is 0.790. The molecular formula is C24H34F3N3O4. The van der Waals surface area contributed by atoms with Crippen LogP contribution < -0.4 is 10.1 Å². The van der Waals surface area contributed by atoms with Crippen molar-refractivity contribution >= 4 is 17.5 Å². The van der Waals surface area contributed by atoms with E-state index in [1.165, 1.54) is 12.0 Å². The topological polar surface area (TPSA) is 71.1 Å². The number of hydrogen-bond donors (Lipinski definition) is 1. The van der Waals surface area contributed by atoms with Crippen LogP contribution in [-0.4, -0.2) is 80.3 Å². The SMILES string of the molecule is CO[C@@H]1CN(C)C(=O)c2cc(NC(=O)C3CC3)ccc2OC[C@H](C)N(CCC(F)(F)F)C[C@@H]1C. The van der Waals surface area contributed by atoms with Gasteiger partial charge in [0.1, 0.15) is 12.4 Å². The van der Waals surface area contributed by atoms with Gasteiger partial charge in [-0.1, -0.05) is 6.92 Å². The van der Waals surface area contributed by atoms with Crippen molar-refractivity contribution in [1.29, 1.82) is 0 Å². The van der Waals surface area contributed by atoms with Crippen LogP contribution in [0.15, 0.2) is 18.2 Å². The first-order valence-corrected chi connectivity index (χ1v) is 11.6. The van der Waals surface area contributed by atoms with Crippen LogP contribution in [0.4, 0.5) is 18.9 Å². The third kappa shape index (κ3) is 7.09. The average Bonchev–Trinajstić information content (AvgIpc) is 3.62. The Hall–Kier alpha value is -2.33. The zero-order valence-corrected chi connectivity index (χ0v) is 20.2. The third-order valence-electron chi connectivity index (χ3n) is 6.47. The Balaban J connectivity index is 1.88. The van der Waals surface area contributed by atoms with Gasteiger partial charge >= 0.3 is 6.18 Å². The van der Waals surface area contributed by atoms with Gasteiger partial charge in [-0.2, -0.15) is 13.2 Å². The molecule has 1 saturated carbocycles. The van der Waals surface area contributed by atoms with Crippen LogP contribution in [0.25, 0.3) is 0 Å². The van der Waals surface area contributed by atoms with Gasteiger partial charge in [-0.15, -0.1) is 0 Å². The lowest BCUT2D eigenvalue weighted by atomic mass is 10.0. The van der Waals surface area contributed by atoms with Crippen LogP contribution in [-0.2, 0) is 9.53 Å². The molecule has 1 aromatic carbocycles. The van der Waals surface area contributed by atoms with Gasteiger partial charge in [0.15, 0.2) is 0 Å². The van der Waals surface area contributed by atoms with Crippen molar-refractivity contribution in [1.82, 2.24) is 9.80 Å². The Morgan fingerprint density at radius 1 is 1.24 bits per heavy atom. The zero-order chi connectivity index (χ0) is 25.0. The van der Waals surface area contributed by atoms with Crippen molar-refractivity contribution in [3.05, 3.63) is 23.8 Å². The van der Waals surface area contributed by atoms with Gasteiger partial charge < -0.3 is 19.7 Å². The van der Waals surface area contributed by atoms with Gasteiger partial charge in [0.05, 0.1) is 18.1 Å². The van der Waals surface area contributed by atoms with E-state index >= 15 is 0 Å². The molecule has 3 atom stereocenters. The molecule has 2 amide bonds. The Morgan fingerprint density at radius 2 is 1.94 bits per heavy atom. The van der Waals surface area contributed by atoms with Gasteiger partial charge in [-0.05, 0) is 43.9 Å². The number of alkyl halides is 3. The van der Waals surface area contributed by atoms with Crippen molar-refractivity contribution < 1.29 is 32.2 Å². The fourth-order valence-electron chi connectivity index (χ4n) is 4.10. The molecule has 34 heavy (non-hydrogen) atoms. The van der Waals surface area contributed by atoms with Crippen LogP contribution in [0.3, 0.4) is 0 Å². The predicted octanol–water partition coefficient (Wildman–Crippen LogP) is 3.79. The number of carbonyl (C=O) groups excluding carboxylic acids is 2. The Morgan fingerprint density at radius 3 is 2.56 bits per heavy atom. The molecule has 1 heterocycles. The van der Waals surface area contributed by atoms with Crippen LogP contribution in [0.1, 0.15) is 43.5 Å². The maximum atomic E-state index is 13.3. The van der Waals surface area contributed by atoms with Crippen molar-refractivity contribution in [3.8, 4) is 5.75 Å². The van der Waals surface area contributed by atoms with E-state index in [0.29, 0.717) is 18.0 Å². The fraction of sp³-hybridized carbons (Fsp3) is 0.667. The normalized spacial score (nSPS) is 25.1. The number of carbonyl (C=O) groups is 2. The molecule has 1 fully saturated rings. The third-order valence-corrected chi connectivity index (χ3v) is 6.47. The van der Waals surface area contributed by atoms with Crippen LogP contribution in [0.2, 0.25) is 0 Å². The summed E-state index contributed by atoms with van der Waals surface area (Å²) >= 11 is 0. The number of methoxy groups -OCH3 is 1. The molecule has 0 aromatic heterocycles. The molecule has 1 N–H and O–H groups in total. The molecule has 7 nitrogen and oxygen atoms in total. The van der Waals surface area contributed by atoms with E-state index in [9.17, 15) is 22.8 Å². The maximum Gasteiger partial charge on any atom is 0.390 e. The molecule has 3 rings (SSSR count). The summed E-state index contributed by atoms with van der Waals surface area (Å²) in [5.74, 6) is -0.139. The number of anilines is 1. The summed E-state index contributed by atoms with van der Waals surface area (Å²) in [6.07, 6.45) is -3.81. The van der Waals surface area contributed by atoms with Gasteiger partial charge in [0.2, 0.25) is 5.91 Å². The minimum absolute atomic E-state index is 0.0167. The van der Waals surface area contributed by atoms with Crippen LogP contribution in [0.5, 0.6) is 5.75 Å². The minimum Gasteiger partial charge on any atom is -0.491 e. The molecule has 1 aliphatic heterocycles. The zero-order valence-electron chi connectivity index (χ0n) is 20.2. The predicted molar refractivity (Wildman–Crippen MR) is 122 cm³/mol. The molecule has 0 radical (unpaired) electrons. The number of fused-ring (bicyclic) bond motifs is 1. The summed E-state index contributed by atoms with van der Waals surface area (Å²) in [6, 6.07) is 4.57.